The van der Waals surface area contributed by atoms with Crippen LogP contribution in [-0.2, 0) is 14.9 Å². The van der Waals surface area contributed by atoms with Gasteiger partial charge in [-0.25, -0.2) is 8.42 Å². The lowest BCUT2D eigenvalue weighted by atomic mass is 10.2. The molecule has 26 heavy (non-hydrogen) atoms. The standard InChI is InChI=1S/C17H15ClN2O4S2/c1-20(24-2)26(22,23)12-9-7-11(8-10-12)19-17(21)16-15(18)13-5-3-4-6-14(13)25-16/h3-10H,1-2H3,(H,19,21). The van der Waals surface area contributed by atoms with Crippen LogP contribution in [0, 0.1) is 0 Å². The van der Waals surface area contributed by atoms with Crippen LogP contribution in [-0.4, -0.2) is 33.0 Å². The minimum atomic E-state index is -3.73. The first-order valence-electron chi connectivity index (χ1n) is 7.46. The molecular formula is C17H15ClN2O4S2. The van der Waals surface area contributed by atoms with Gasteiger partial charge in [0.15, 0.2) is 0 Å². The van der Waals surface area contributed by atoms with Crippen molar-refractivity contribution in [2.75, 3.05) is 19.5 Å². The predicted molar refractivity (Wildman–Crippen MR) is 103 cm³/mol. The van der Waals surface area contributed by atoms with Crippen LogP contribution in [0.4, 0.5) is 5.69 Å². The summed E-state index contributed by atoms with van der Waals surface area (Å²) in [7, 11) is -1.17. The molecule has 0 saturated heterocycles. The second-order valence-electron chi connectivity index (χ2n) is 5.32. The topological polar surface area (TPSA) is 75.7 Å². The largest absolute Gasteiger partial charge is 0.321 e. The summed E-state index contributed by atoms with van der Waals surface area (Å²) in [6.07, 6.45) is 0. The van der Waals surface area contributed by atoms with E-state index in [0.717, 1.165) is 14.6 Å². The van der Waals surface area contributed by atoms with Crippen LogP contribution >= 0.6 is 22.9 Å². The molecule has 1 aromatic heterocycles. The van der Waals surface area contributed by atoms with Crippen LogP contribution in [0.25, 0.3) is 10.1 Å². The number of sulfonamides is 1. The lowest BCUT2D eigenvalue weighted by molar-refractivity contribution is -0.0258. The molecular weight excluding hydrogens is 396 g/mol. The Morgan fingerprint density at radius 2 is 1.81 bits per heavy atom. The molecule has 0 fully saturated rings. The number of nitrogens with zero attached hydrogens (tertiary/aromatic N) is 1. The zero-order chi connectivity index (χ0) is 18.9. The quantitative estimate of drug-likeness (QED) is 0.645. The van der Waals surface area contributed by atoms with E-state index in [4.69, 9.17) is 16.4 Å². The summed E-state index contributed by atoms with van der Waals surface area (Å²) >= 11 is 7.61. The lowest BCUT2D eigenvalue weighted by Crippen LogP contribution is -2.25. The normalized spacial score (nSPS) is 11.8. The Balaban J connectivity index is 1.83. The summed E-state index contributed by atoms with van der Waals surface area (Å²) in [5.74, 6) is -0.346. The Bertz CT molecular complexity index is 1060. The molecule has 3 aromatic rings. The van der Waals surface area contributed by atoms with Crippen molar-refractivity contribution < 1.29 is 18.0 Å². The second kappa shape index (κ2) is 7.34. The summed E-state index contributed by atoms with van der Waals surface area (Å²) in [6, 6.07) is 13.3. The predicted octanol–water partition coefficient (Wildman–Crippen LogP) is 3.99. The van der Waals surface area contributed by atoms with Crippen LogP contribution in [0.5, 0.6) is 0 Å². The Kier molecular flexibility index (Phi) is 5.31. The van der Waals surface area contributed by atoms with Gasteiger partial charge in [0.1, 0.15) is 4.88 Å². The van der Waals surface area contributed by atoms with Crippen molar-refractivity contribution in [2.45, 2.75) is 4.90 Å². The first-order chi connectivity index (χ1) is 12.3. The number of thiophene rings is 1. The van der Waals surface area contributed by atoms with Gasteiger partial charge in [-0.2, -0.15) is 0 Å². The third kappa shape index (κ3) is 3.46. The van der Waals surface area contributed by atoms with Crippen molar-refractivity contribution in [3.8, 4) is 0 Å². The molecule has 6 nitrogen and oxygen atoms in total. The molecule has 1 heterocycles. The van der Waals surface area contributed by atoms with Crippen molar-refractivity contribution in [3.05, 3.63) is 58.4 Å². The molecule has 2 aromatic carbocycles. The number of nitrogens with one attached hydrogen (secondary N) is 1. The Labute approximate surface area is 160 Å². The average molecular weight is 411 g/mol. The number of amides is 1. The maximum atomic E-state index is 12.5. The molecule has 1 N–H and O–H groups in total. The number of fused-ring (bicyclic) bond motifs is 1. The van der Waals surface area contributed by atoms with Crippen molar-refractivity contribution in [3.63, 3.8) is 0 Å². The molecule has 0 saturated carbocycles. The summed E-state index contributed by atoms with van der Waals surface area (Å²) in [5.41, 5.74) is 0.461. The highest BCUT2D eigenvalue weighted by Crippen LogP contribution is 2.35. The van der Waals surface area contributed by atoms with Gasteiger partial charge in [-0.15, -0.1) is 11.3 Å². The SMILES string of the molecule is CON(C)S(=O)(=O)c1ccc(NC(=O)c2sc3ccccc3c2Cl)cc1. The van der Waals surface area contributed by atoms with Gasteiger partial charge in [0.05, 0.1) is 17.0 Å². The number of hydrogen-bond donors (Lipinski definition) is 1. The minimum Gasteiger partial charge on any atom is -0.321 e. The number of rotatable bonds is 5. The molecule has 9 heteroatoms. The van der Waals surface area contributed by atoms with Crippen LogP contribution in [0.2, 0.25) is 5.02 Å². The highest BCUT2D eigenvalue weighted by Gasteiger charge is 2.21. The molecule has 0 radical (unpaired) electrons. The summed E-state index contributed by atoms with van der Waals surface area (Å²) < 4.78 is 26.0. The van der Waals surface area contributed by atoms with Crippen molar-refractivity contribution in [1.82, 2.24) is 4.47 Å². The average Bonchev–Trinajstić information content (AvgIpc) is 2.98. The fourth-order valence-corrected chi connectivity index (χ4v) is 4.69. The van der Waals surface area contributed by atoms with Gasteiger partial charge in [-0.05, 0) is 30.3 Å². The Morgan fingerprint density at radius 3 is 2.42 bits per heavy atom. The van der Waals surface area contributed by atoms with Crippen LogP contribution in [0.3, 0.4) is 0 Å². The molecule has 0 spiro atoms. The van der Waals surface area contributed by atoms with Crippen LogP contribution in [0.15, 0.2) is 53.4 Å². The Morgan fingerprint density at radius 1 is 1.15 bits per heavy atom. The van der Waals surface area contributed by atoms with Gasteiger partial charge in [-0.1, -0.05) is 34.3 Å². The number of benzene rings is 2. The van der Waals surface area contributed by atoms with Crippen molar-refractivity contribution in [1.29, 1.82) is 0 Å². The van der Waals surface area contributed by atoms with E-state index in [1.807, 2.05) is 24.3 Å². The van der Waals surface area contributed by atoms with Gasteiger partial charge in [0.2, 0.25) is 0 Å². The van der Waals surface area contributed by atoms with Crippen LogP contribution in [0.1, 0.15) is 9.67 Å². The maximum absolute atomic E-state index is 12.5. The number of anilines is 1. The Hall–Kier alpha value is -1.97. The molecule has 0 atom stereocenters. The second-order valence-corrected chi connectivity index (χ2v) is 8.68. The van der Waals surface area contributed by atoms with Gasteiger partial charge in [0.25, 0.3) is 15.9 Å². The molecule has 0 aliphatic rings. The zero-order valence-electron chi connectivity index (χ0n) is 13.9. The van der Waals surface area contributed by atoms with Crippen molar-refractivity contribution in [2.24, 2.45) is 0 Å². The first kappa shape index (κ1) is 18.8. The molecule has 0 unspecified atom stereocenters. The third-order valence-corrected chi connectivity index (χ3v) is 7.11. The summed E-state index contributed by atoms with van der Waals surface area (Å²) in [4.78, 5) is 17.7. The number of carbonyl (C=O) groups excluding carboxylic acids is 1. The molecule has 0 bridgehead atoms. The lowest BCUT2D eigenvalue weighted by Gasteiger charge is -2.14. The number of carbonyl (C=O) groups is 1. The highest BCUT2D eigenvalue weighted by molar-refractivity contribution is 7.89. The minimum absolute atomic E-state index is 0.0553. The monoisotopic (exact) mass is 410 g/mol. The molecule has 3 rings (SSSR count). The van der Waals surface area contributed by atoms with E-state index < -0.39 is 10.0 Å². The molecule has 136 valence electrons. The fourth-order valence-electron chi connectivity index (χ4n) is 2.30. The highest BCUT2D eigenvalue weighted by atomic mass is 35.5. The van der Waals surface area contributed by atoms with E-state index in [1.165, 1.54) is 49.8 Å². The summed E-state index contributed by atoms with van der Waals surface area (Å²) in [6.45, 7) is 0. The molecule has 0 aliphatic carbocycles. The van der Waals surface area contributed by atoms with Gasteiger partial charge in [0, 0.05) is 22.8 Å². The molecule has 0 aliphatic heterocycles. The maximum Gasteiger partial charge on any atom is 0.267 e. The van der Waals surface area contributed by atoms with Gasteiger partial charge in [-0.3, -0.25) is 9.63 Å². The van der Waals surface area contributed by atoms with E-state index in [0.29, 0.717) is 15.6 Å². The smallest absolute Gasteiger partial charge is 0.267 e. The number of hydroxylamine groups is 1. The summed E-state index contributed by atoms with van der Waals surface area (Å²) in [5, 5.41) is 3.96. The molecule has 1 amide bonds. The van der Waals surface area contributed by atoms with E-state index in [9.17, 15) is 13.2 Å². The zero-order valence-corrected chi connectivity index (χ0v) is 16.3. The first-order valence-corrected chi connectivity index (χ1v) is 10.1. The van der Waals surface area contributed by atoms with Gasteiger partial charge < -0.3 is 5.32 Å². The number of hydrogen-bond acceptors (Lipinski definition) is 5. The third-order valence-electron chi connectivity index (χ3n) is 3.75. The van der Waals surface area contributed by atoms with E-state index in [1.54, 1.807) is 0 Å². The van der Waals surface area contributed by atoms with Crippen molar-refractivity contribution >= 4 is 54.6 Å². The van der Waals surface area contributed by atoms with Crippen LogP contribution < -0.4 is 5.32 Å². The van der Waals surface area contributed by atoms with E-state index >= 15 is 0 Å². The van der Waals surface area contributed by atoms with Gasteiger partial charge >= 0.3 is 0 Å². The number of halogens is 1. The fraction of sp³-hybridized carbons (Fsp3) is 0.118. The van der Waals surface area contributed by atoms with E-state index in [2.05, 4.69) is 5.32 Å². The van der Waals surface area contributed by atoms with E-state index in [-0.39, 0.29) is 10.8 Å².